The largest absolute Gasteiger partial charge is 0.496 e. The van der Waals surface area contributed by atoms with Crippen molar-refractivity contribution in [2.75, 3.05) is 33.8 Å². The van der Waals surface area contributed by atoms with Crippen LogP contribution < -0.4 is 10.1 Å². The van der Waals surface area contributed by atoms with Crippen molar-refractivity contribution in [3.63, 3.8) is 0 Å². The number of nitrogens with zero attached hydrogens (tertiary/aromatic N) is 4. The van der Waals surface area contributed by atoms with Gasteiger partial charge in [0.15, 0.2) is 5.96 Å². The lowest BCUT2D eigenvalue weighted by molar-refractivity contribution is 0.188. The molecule has 7 heteroatoms. The van der Waals surface area contributed by atoms with Crippen molar-refractivity contribution in [1.82, 2.24) is 19.8 Å². The van der Waals surface area contributed by atoms with Crippen LogP contribution >= 0.6 is 24.0 Å². The molecular weight excluding hydrogens is 477 g/mol. The first-order chi connectivity index (χ1) is 13.7. The van der Waals surface area contributed by atoms with Gasteiger partial charge < -0.3 is 19.5 Å². The maximum Gasteiger partial charge on any atom is 0.193 e. The summed E-state index contributed by atoms with van der Waals surface area (Å²) in [6, 6.07) is 8.84. The van der Waals surface area contributed by atoms with Crippen molar-refractivity contribution in [2.45, 2.75) is 37.6 Å². The van der Waals surface area contributed by atoms with Gasteiger partial charge in [0.2, 0.25) is 0 Å². The highest BCUT2D eigenvalue weighted by Gasteiger charge is 2.46. The van der Waals surface area contributed by atoms with Crippen molar-refractivity contribution < 1.29 is 4.74 Å². The minimum Gasteiger partial charge on any atom is -0.496 e. The maximum atomic E-state index is 5.61. The van der Waals surface area contributed by atoms with E-state index in [9.17, 15) is 0 Å². The summed E-state index contributed by atoms with van der Waals surface area (Å²) in [4.78, 5) is 11.2. The molecule has 2 fully saturated rings. The summed E-state index contributed by atoms with van der Waals surface area (Å²) in [5.74, 6) is 2.62. The summed E-state index contributed by atoms with van der Waals surface area (Å²) in [6.45, 7) is 5.22. The molecule has 1 aliphatic heterocycles. The van der Waals surface area contributed by atoms with Crippen molar-refractivity contribution >= 4 is 29.9 Å². The van der Waals surface area contributed by atoms with E-state index in [1.807, 2.05) is 25.6 Å². The Morgan fingerprint density at radius 1 is 1.34 bits per heavy atom. The first-order valence-electron chi connectivity index (χ1n) is 10.2. The third-order valence-electron chi connectivity index (χ3n) is 6.45. The summed E-state index contributed by atoms with van der Waals surface area (Å²) in [7, 11) is 3.64. The van der Waals surface area contributed by atoms with Crippen LogP contribution in [0.15, 0.2) is 48.0 Å². The van der Waals surface area contributed by atoms with E-state index in [4.69, 9.17) is 4.74 Å². The number of para-hydroxylation sites is 1. The highest BCUT2D eigenvalue weighted by molar-refractivity contribution is 14.0. The van der Waals surface area contributed by atoms with E-state index in [1.165, 1.54) is 18.4 Å². The fraction of sp³-hybridized carbons (Fsp3) is 0.545. The Labute approximate surface area is 190 Å². The van der Waals surface area contributed by atoms with E-state index in [2.05, 4.69) is 56.1 Å². The standard InChI is InChI=1S/C22H31N5O.HI/c1-17-8-12-26(14-19(17)27-13-11-24-16-27)21(23-2)25-15-22(9-10-22)18-6-4-5-7-20(18)28-3;/h4-7,11,13,16-17,19H,8-10,12,14-15H2,1-3H3,(H,23,25);1H. The molecule has 29 heavy (non-hydrogen) atoms. The van der Waals surface area contributed by atoms with E-state index < -0.39 is 0 Å². The molecule has 0 bridgehead atoms. The fourth-order valence-corrected chi connectivity index (χ4v) is 4.45. The number of likely N-dealkylation sites (tertiary alicyclic amines) is 1. The number of piperidine rings is 1. The summed E-state index contributed by atoms with van der Waals surface area (Å²) in [6.07, 6.45) is 9.39. The first kappa shape index (κ1) is 21.9. The molecule has 6 nitrogen and oxygen atoms in total. The molecule has 2 atom stereocenters. The smallest absolute Gasteiger partial charge is 0.193 e. The molecule has 4 rings (SSSR count). The van der Waals surface area contributed by atoms with Gasteiger partial charge in [-0.1, -0.05) is 25.1 Å². The number of ether oxygens (including phenoxy) is 1. The summed E-state index contributed by atoms with van der Waals surface area (Å²) in [5, 5.41) is 3.67. The number of imidazole rings is 1. The Hall–Kier alpha value is -1.77. The molecule has 1 N–H and O–H groups in total. The van der Waals surface area contributed by atoms with Crippen LogP contribution in [0.2, 0.25) is 0 Å². The second-order valence-corrected chi connectivity index (χ2v) is 8.17. The fourth-order valence-electron chi connectivity index (χ4n) is 4.45. The van der Waals surface area contributed by atoms with E-state index in [1.54, 1.807) is 7.11 Å². The molecule has 1 saturated carbocycles. The summed E-state index contributed by atoms with van der Waals surface area (Å²) >= 11 is 0. The van der Waals surface area contributed by atoms with Crippen LogP contribution in [0, 0.1) is 5.92 Å². The summed E-state index contributed by atoms with van der Waals surface area (Å²) < 4.78 is 7.85. The number of benzene rings is 1. The van der Waals surface area contributed by atoms with Gasteiger partial charge in [-0.2, -0.15) is 0 Å². The number of nitrogens with one attached hydrogen (secondary N) is 1. The zero-order chi connectivity index (χ0) is 19.6. The van der Waals surface area contributed by atoms with Crippen LogP contribution in [-0.2, 0) is 5.41 Å². The maximum absolute atomic E-state index is 5.61. The molecular formula is C22H32IN5O. The number of methoxy groups -OCH3 is 1. The van der Waals surface area contributed by atoms with Crippen molar-refractivity contribution in [3.8, 4) is 5.75 Å². The zero-order valence-electron chi connectivity index (χ0n) is 17.5. The number of aliphatic imine (C=N–C) groups is 1. The number of aromatic nitrogens is 2. The Morgan fingerprint density at radius 3 is 2.79 bits per heavy atom. The van der Waals surface area contributed by atoms with Crippen LogP contribution in [0.3, 0.4) is 0 Å². The molecule has 158 valence electrons. The molecule has 0 radical (unpaired) electrons. The highest BCUT2D eigenvalue weighted by Crippen LogP contribution is 2.50. The first-order valence-corrected chi connectivity index (χ1v) is 10.2. The van der Waals surface area contributed by atoms with Crippen LogP contribution in [0.1, 0.15) is 37.8 Å². The monoisotopic (exact) mass is 509 g/mol. The van der Waals surface area contributed by atoms with Crippen molar-refractivity contribution in [1.29, 1.82) is 0 Å². The molecule has 1 aromatic carbocycles. The molecule has 1 saturated heterocycles. The van der Waals surface area contributed by atoms with Gasteiger partial charge in [0.05, 0.1) is 19.5 Å². The Morgan fingerprint density at radius 2 is 2.14 bits per heavy atom. The lowest BCUT2D eigenvalue weighted by Gasteiger charge is -2.39. The van der Waals surface area contributed by atoms with Crippen LogP contribution in [0.5, 0.6) is 5.75 Å². The zero-order valence-corrected chi connectivity index (χ0v) is 19.9. The quantitative estimate of drug-likeness (QED) is 0.380. The average Bonchev–Trinajstić information content (AvgIpc) is 3.32. The molecule has 2 aliphatic rings. The Balaban J connectivity index is 0.00000240. The van der Waals surface area contributed by atoms with Gasteiger partial charge >= 0.3 is 0 Å². The van der Waals surface area contributed by atoms with Crippen molar-refractivity contribution in [2.24, 2.45) is 10.9 Å². The molecule has 1 aromatic heterocycles. The third kappa shape index (κ3) is 4.54. The van der Waals surface area contributed by atoms with E-state index in [0.717, 1.165) is 37.8 Å². The molecule has 2 aromatic rings. The lowest BCUT2D eigenvalue weighted by Crippen LogP contribution is -2.50. The minimum atomic E-state index is 0. The number of hydrogen-bond donors (Lipinski definition) is 1. The van der Waals surface area contributed by atoms with Crippen LogP contribution in [0.4, 0.5) is 0 Å². The van der Waals surface area contributed by atoms with Crippen molar-refractivity contribution in [3.05, 3.63) is 48.5 Å². The van der Waals surface area contributed by atoms with E-state index in [0.29, 0.717) is 12.0 Å². The summed E-state index contributed by atoms with van der Waals surface area (Å²) in [5.41, 5.74) is 1.47. The molecule has 2 unspecified atom stereocenters. The van der Waals surface area contributed by atoms with Gasteiger partial charge in [-0.25, -0.2) is 4.98 Å². The van der Waals surface area contributed by atoms with Crippen LogP contribution in [-0.4, -0.2) is 54.2 Å². The van der Waals surface area contributed by atoms with Gasteiger partial charge in [0.25, 0.3) is 0 Å². The average molecular weight is 509 g/mol. The van der Waals surface area contributed by atoms with Gasteiger partial charge in [-0.15, -0.1) is 24.0 Å². The normalized spacial score (nSPS) is 23.3. The Bertz CT molecular complexity index is 818. The number of guanidine groups is 1. The predicted octanol–water partition coefficient (Wildman–Crippen LogP) is 3.70. The van der Waals surface area contributed by atoms with Crippen LogP contribution in [0.25, 0.3) is 0 Å². The number of rotatable bonds is 5. The SMILES string of the molecule is CN=C(NCC1(c2ccccc2OC)CC1)N1CCC(C)C(n2ccnc2)C1.I. The van der Waals surface area contributed by atoms with Gasteiger partial charge in [-0.3, -0.25) is 4.99 Å². The number of halogens is 1. The Kier molecular flexibility index (Phi) is 7.08. The molecule has 0 spiro atoms. The van der Waals surface area contributed by atoms with Gasteiger partial charge in [0.1, 0.15) is 5.75 Å². The molecule has 2 heterocycles. The highest BCUT2D eigenvalue weighted by atomic mass is 127. The van der Waals surface area contributed by atoms with E-state index in [-0.39, 0.29) is 29.4 Å². The second kappa shape index (κ2) is 9.36. The molecule has 0 amide bonds. The number of hydrogen-bond acceptors (Lipinski definition) is 3. The molecule has 1 aliphatic carbocycles. The lowest BCUT2D eigenvalue weighted by atomic mass is 9.93. The minimum absolute atomic E-state index is 0. The van der Waals surface area contributed by atoms with E-state index >= 15 is 0 Å². The topological polar surface area (TPSA) is 54.7 Å². The van der Waals surface area contributed by atoms with Gasteiger partial charge in [0, 0.05) is 50.1 Å². The predicted molar refractivity (Wildman–Crippen MR) is 127 cm³/mol. The van der Waals surface area contributed by atoms with Gasteiger partial charge in [-0.05, 0) is 31.2 Å². The third-order valence-corrected chi connectivity index (χ3v) is 6.45. The second-order valence-electron chi connectivity index (χ2n) is 8.17.